The number of allylic oxidation sites excluding steroid dienone is 7. The summed E-state index contributed by atoms with van der Waals surface area (Å²) >= 11 is 0. The lowest BCUT2D eigenvalue weighted by Crippen LogP contribution is -2.45. The summed E-state index contributed by atoms with van der Waals surface area (Å²) in [6.07, 6.45) is 43.0. The summed E-state index contributed by atoms with van der Waals surface area (Å²) in [7, 11) is -4.35. The van der Waals surface area contributed by atoms with Gasteiger partial charge in [0.25, 0.3) is 0 Å². The highest BCUT2D eigenvalue weighted by atomic mass is 31.2. The van der Waals surface area contributed by atoms with Gasteiger partial charge in [0.05, 0.1) is 25.4 Å². The van der Waals surface area contributed by atoms with Crippen molar-refractivity contribution in [2.24, 2.45) is 5.73 Å². The molecule has 286 valence electrons. The van der Waals surface area contributed by atoms with Crippen LogP contribution in [-0.4, -0.2) is 47.8 Å². The van der Waals surface area contributed by atoms with Crippen molar-refractivity contribution in [3.63, 3.8) is 0 Å². The molecule has 1 amide bonds. The Kier molecular flexibility index (Phi) is 35.1. The standard InChI is InChI=1S/C40H75N2O6P/c1-3-5-7-9-11-13-15-17-19-21-23-25-27-29-31-33-39(43)38(37-48-49(45,46)47-36-35-41)42-40(44)34-32-30-28-26-24-22-20-18-16-14-12-10-8-6-4-2/h12,14,18,20,23,25,31,33,38-39,43H,3-11,13,15-17,19,21-22,24,26-30,32,34-37,41H2,1-2H3,(H,42,44)(H,45,46)/b14-12-,20-18-,25-23+,33-31+. The second kappa shape index (κ2) is 36.3. The molecule has 5 N–H and O–H groups in total. The first-order valence-electron chi connectivity index (χ1n) is 19.8. The van der Waals surface area contributed by atoms with Gasteiger partial charge in [0, 0.05) is 13.0 Å². The van der Waals surface area contributed by atoms with Crippen LogP contribution in [0.4, 0.5) is 0 Å². The smallest absolute Gasteiger partial charge is 0.387 e. The molecule has 0 aliphatic carbocycles. The number of carbonyl (C=O) groups excluding carboxylic acids is 1. The molecule has 0 spiro atoms. The molecule has 0 rings (SSSR count). The van der Waals surface area contributed by atoms with E-state index in [4.69, 9.17) is 14.8 Å². The Morgan fingerprint density at radius 1 is 0.673 bits per heavy atom. The second-order valence-corrected chi connectivity index (χ2v) is 14.6. The molecule has 3 unspecified atom stereocenters. The van der Waals surface area contributed by atoms with Crippen LogP contribution in [0.2, 0.25) is 0 Å². The maximum atomic E-state index is 12.7. The van der Waals surface area contributed by atoms with Gasteiger partial charge in [-0.1, -0.05) is 146 Å². The summed E-state index contributed by atoms with van der Waals surface area (Å²) < 4.78 is 22.0. The van der Waals surface area contributed by atoms with Crippen LogP contribution in [0.5, 0.6) is 0 Å². The minimum Gasteiger partial charge on any atom is -0.387 e. The van der Waals surface area contributed by atoms with Crippen molar-refractivity contribution in [2.75, 3.05) is 19.8 Å². The number of nitrogens with one attached hydrogen (secondary N) is 1. The average molecular weight is 711 g/mol. The van der Waals surface area contributed by atoms with Crippen molar-refractivity contribution < 1.29 is 28.4 Å². The van der Waals surface area contributed by atoms with E-state index in [9.17, 15) is 19.4 Å². The first-order valence-corrected chi connectivity index (χ1v) is 21.3. The molecule has 0 aromatic carbocycles. The summed E-state index contributed by atoms with van der Waals surface area (Å²) in [5, 5.41) is 13.6. The number of hydrogen-bond donors (Lipinski definition) is 4. The summed E-state index contributed by atoms with van der Waals surface area (Å²) in [6, 6.07) is -0.883. The first kappa shape index (κ1) is 47.5. The zero-order chi connectivity index (χ0) is 36.1. The van der Waals surface area contributed by atoms with Crippen LogP contribution >= 0.6 is 7.82 Å². The van der Waals surface area contributed by atoms with Crippen LogP contribution < -0.4 is 11.1 Å². The highest BCUT2D eigenvalue weighted by Crippen LogP contribution is 2.43. The molecule has 0 heterocycles. The van der Waals surface area contributed by atoms with Gasteiger partial charge in [-0.25, -0.2) is 4.57 Å². The zero-order valence-corrected chi connectivity index (χ0v) is 32.3. The Morgan fingerprint density at radius 2 is 1.14 bits per heavy atom. The fourth-order valence-corrected chi connectivity index (χ4v) is 6.11. The highest BCUT2D eigenvalue weighted by molar-refractivity contribution is 7.47. The number of phosphoric acid groups is 1. The van der Waals surface area contributed by atoms with E-state index < -0.39 is 20.0 Å². The summed E-state index contributed by atoms with van der Waals surface area (Å²) in [6.45, 7) is 4.05. The van der Waals surface area contributed by atoms with Crippen LogP contribution in [0.15, 0.2) is 48.6 Å². The van der Waals surface area contributed by atoms with Crippen molar-refractivity contribution in [3.8, 4) is 0 Å². The Morgan fingerprint density at radius 3 is 1.73 bits per heavy atom. The fraction of sp³-hybridized carbons (Fsp3) is 0.775. The quantitative estimate of drug-likeness (QED) is 0.0289. The van der Waals surface area contributed by atoms with Gasteiger partial charge in [-0.3, -0.25) is 13.8 Å². The number of aliphatic hydroxyl groups is 1. The number of nitrogens with two attached hydrogens (primary N) is 1. The summed E-state index contributed by atoms with van der Waals surface area (Å²) in [5.74, 6) is -0.221. The third-order valence-corrected chi connectivity index (χ3v) is 9.36. The topological polar surface area (TPSA) is 131 Å². The van der Waals surface area contributed by atoms with Gasteiger partial charge in [-0.2, -0.15) is 0 Å². The van der Waals surface area contributed by atoms with Crippen molar-refractivity contribution in [2.45, 2.75) is 180 Å². The molecule has 3 atom stereocenters. The number of carbonyl (C=O) groups is 1. The number of rotatable bonds is 36. The van der Waals surface area contributed by atoms with Gasteiger partial charge in [0.1, 0.15) is 0 Å². The third-order valence-electron chi connectivity index (χ3n) is 8.38. The maximum Gasteiger partial charge on any atom is 0.472 e. The van der Waals surface area contributed by atoms with Crippen LogP contribution in [0.25, 0.3) is 0 Å². The van der Waals surface area contributed by atoms with Gasteiger partial charge in [-0.15, -0.1) is 0 Å². The summed E-state index contributed by atoms with van der Waals surface area (Å²) in [4.78, 5) is 22.6. The van der Waals surface area contributed by atoms with E-state index in [0.29, 0.717) is 6.42 Å². The van der Waals surface area contributed by atoms with Crippen molar-refractivity contribution in [1.29, 1.82) is 0 Å². The molecule has 9 heteroatoms. The second-order valence-electron chi connectivity index (χ2n) is 13.1. The molecule has 8 nitrogen and oxygen atoms in total. The molecule has 0 aliphatic heterocycles. The highest BCUT2D eigenvalue weighted by Gasteiger charge is 2.26. The normalized spacial score (nSPS) is 14.8. The molecule has 0 aliphatic rings. The molecule has 0 saturated heterocycles. The van der Waals surface area contributed by atoms with Crippen LogP contribution in [0.1, 0.15) is 168 Å². The number of amides is 1. The largest absolute Gasteiger partial charge is 0.472 e. The first-order chi connectivity index (χ1) is 23.9. The van der Waals surface area contributed by atoms with Crippen molar-refractivity contribution in [3.05, 3.63) is 48.6 Å². The molecular formula is C40H75N2O6P. The minimum atomic E-state index is -4.35. The van der Waals surface area contributed by atoms with Crippen molar-refractivity contribution in [1.82, 2.24) is 5.32 Å². The predicted octanol–water partition coefficient (Wildman–Crippen LogP) is 10.6. The van der Waals surface area contributed by atoms with Crippen LogP contribution in [-0.2, 0) is 18.4 Å². The third kappa shape index (κ3) is 34.7. The molecule has 0 aromatic rings. The van der Waals surface area contributed by atoms with Gasteiger partial charge in [0.2, 0.25) is 5.91 Å². The van der Waals surface area contributed by atoms with Crippen LogP contribution in [0, 0.1) is 0 Å². The van der Waals surface area contributed by atoms with Crippen molar-refractivity contribution >= 4 is 13.7 Å². The lowest BCUT2D eigenvalue weighted by atomic mass is 10.1. The lowest BCUT2D eigenvalue weighted by Gasteiger charge is -2.23. The number of hydrogen-bond acceptors (Lipinski definition) is 6. The number of unbranched alkanes of at least 4 members (excludes halogenated alkanes) is 18. The Balaban J connectivity index is 4.38. The van der Waals surface area contributed by atoms with Gasteiger partial charge in [0.15, 0.2) is 0 Å². The monoisotopic (exact) mass is 711 g/mol. The minimum absolute atomic E-state index is 0.0701. The molecule has 0 bridgehead atoms. The number of phosphoric ester groups is 1. The SMILES string of the molecule is CCCCC/C=C\C/C=C\CCCCCCCC(=O)NC(COP(=O)(O)OCCN)C(O)/C=C/CC/C=C/CCCCCCCCCCC. The molecule has 0 fully saturated rings. The molecule has 0 aromatic heterocycles. The van der Waals surface area contributed by atoms with E-state index in [-0.39, 0.29) is 25.7 Å². The number of aliphatic hydroxyl groups excluding tert-OH is 1. The van der Waals surface area contributed by atoms with Gasteiger partial charge in [-0.05, 0) is 64.2 Å². The van der Waals surface area contributed by atoms with E-state index in [0.717, 1.165) is 64.2 Å². The predicted molar refractivity (Wildman–Crippen MR) is 207 cm³/mol. The van der Waals surface area contributed by atoms with E-state index in [1.54, 1.807) is 6.08 Å². The Hall–Kier alpha value is -1.54. The lowest BCUT2D eigenvalue weighted by molar-refractivity contribution is -0.123. The maximum absolute atomic E-state index is 12.7. The summed E-state index contributed by atoms with van der Waals surface area (Å²) in [5.41, 5.74) is 5.35. The fourth-order valence-electron chi connectivity index (χ4n) is 5.35. The van der Waals surface area contributed by atoms with Gasteiger partial charge < -0.3 is 21.1 Å². The van der Waals surface area contributed by atoms with E-state index >= 15 is 0 Å². The Bertz CT molecular complexity index is 907. The zero-order valence-electron chi connectivity index (χ0n) is 31.4. The molecule has 0 saturated carbocycles. The van der Waals surface area contributed by atoms with E-state index in [1.165, 1.54) is 83.5 Å². The van der Waals surface area contributed by atoms with Crippen LogP contribution in [0.3, 0.4) is 0 Å². The van der Waals surface area contributed by atoms with E-state index in [2.05, 4.69) is 55.6 Å². The molecule has 0 radical (unpaired) electrons. The van der Waals surface area contributed by atoms with E-state index in [1.807, 2.05) is 6.08 Å². The molecule has 49 heavy (non-hydrogen) atoms. The van der Waals surface area contributed by atoms with Gasteiger partial charge >= 0.3 is 7.82 Å². The Labute approximate surface area is 301 Å². The average Bonchev–Trinajstić information content (AvgIpc) is 3.09. The molecular weight excluding hydrogens is 635 g/mol.